The Labute approximate surface area is 147 Å². The topological polar surface area (TPSA) is 94.7 Å². The summed E-state index contributed by atoms with van der Waals surface area (Å²) < 4.78 is 33.6. The maximum atomic E-state index is 11.4. The minimum absolute atomic E-state index is 0.00552. The van der Waals surface area contributed by atoms with Gasteiger partial charge >= 0.3 is 0 Å². The largest absolute Gasteiger partial charge is 0.497 e. The zero-order valence-electron chi connectivity index (χ0n) is 14.2. The third-order valence-corrected chi connectivity index (χ3v) is 5.29. The summed E-state index contributed by atoms with van der Waals surface area (Å²) >= 11 is 0. The number of hydrogen-bond acceptors (Lipinski definition) is 6. The van der Waals surface area contributed by atoms with E-state index < -0.39 is 10.0 Å². The molecule has 0 saturated carbocycles. The first-order valence-corrected chi connectivity index (χ1v) is 9.46. The lowest BCUT2D eigenvalue weighted by molar-refractivity contribution is 0.395. The number of rotatable bonds is 5. The maximum Gasteiger partial charge on any atom is 0.239 e. The van der Waals surface area contributed by atoms with Crippen LogP contribution in [0.1, 0.15) is 24.4 Å². The van der Waals surface area contributed by atoms with Crippen molar-refractivity contribution in [3.8, 4) is 11.5 Å². The number of hydrogen-bond donors (Lipinski definition) is 1. The van der Waals surface area contributed by atoms with Gasteiger partial charge < -0.3 is 14.4 Å². The summed E-state index contributed by atoms with van der Waals surface area (Å²) in [6, 6.07) is 8.97. The molecule has 2 aromatic rings. The van der Waals surface area contributed by atoms with Crippen LogP contribution in [-0.2, 0) is 10.0 Å². The van der Waals surface area contributed by atoms with Gasteiger partial charge in [-0.15, -0.1) is 0 Å². The summed E-state index contributed by atoms with van der Waals surface area (Å²) in [4.78, 5) is 6.44. The van der Waals surface area contributed by atoms with Gasteiger partial charge in [-0.2, -0.15) is 0 Å². The quantitative estimate of drug-likeness (QED) is 0.874. The maximum absolute atomic E-state index is 11.4. The van der Waals surface area contributed by atoms with E-state index in [9.17, 15) is 8.42 Å². The second-order valence-electron chi connectivity index (χ2n) is 5.86. The Balaban J connectivity index is 1.96. The molecule has 1 saturated heterocycles. The molecule has 0 bridgehead atoms. The number of methoxy groups -OCH3 is 2. The highest BCUT2D eigenvalue weighted by molar-refractivity contribution is 7.89. The molecule has 8 heteroatoms. The molecular weight excluding hydrogens is 342 g/mol. The van der Waals surface area contributed by atoms with E-state index in [1.54, 1.807) is 20.3 Å². The zero-order valence-corrected chi connectivity index (χ0v) is 15.0. The van der Waals surface area contributed by atoms with Crippen molar-refractivity contribution >= 4 is 15.8 Å². The van der Waals surface area contributed by atoms with Gasteiger partial charge in [-0.25, -0.2) is 18.5 Å². The van der Waals surface area contributed by atoms with Crippen molar-refractivity contribution < 1.29 is 17.9 Å². The summed E-state index contributed by atoms with van der Waals surface area (Å²) in [5.41, 5.74) is 1.02. The first-order valence-electron chi connectivity index (χ1n) is 7.91. The molecule has 1 atom stereocenters. The average molecular weight is 363 g/mol. The van der Waals surface area contributed by atoms with E-state index in [1.807, 2.05) is 18.2 Å². The van der Waals surface area contributed by atoms with Gasteiger partial charge in [0.05, 0.1) is 20.3 Å². The molecular formula is C17H21N3O4S. The van der Waals surface area contributed by atoms with Crippen molar-refractivity contribution in [1.29, 1.82) is 0 Å². The van der Waals surface area contributed by atoms with Gasteiger partial charge in [0.25, 0.3) is 0 Å². The SMILES string of the molecule is COc1ccc(OC)c([C@@H]2CCCN2c2ccc(S(N)(=O)=O)cn2)c1. The van der Waals surface area contributed by atoms with Crippen LogP contribution in [0.4, 0.5) is 5.82 Å². The molecule has 0 aliphatic carbocycles. The second kappa shape index (κ2) is 6.89. The third-order valence-electron chi connectivity index (χ3n) is 4.39. The van der Waals surface area contributed by atoms with Gasteiger partial charge in [-0.3, -0.25) is 0 Å². The van der Waals surface area contributed by atoms with Crippen LogP contribution in [0.15, 0.2) is 41.4 Å². The summed E-state index contributed by atoms with van der Waals surface area (Å²) in [6.07, 6.45) is 3.24. The van der Waals surface area contributed by atoms with Crippen molar-refractivity contribution in [1.82, 2.24) is 4.98 Å². The predicted molar refractivity (Wildman–Crippen MR) is 94.5 cm³/mol. The fourth-order valence-electron chi connectivity index (χ4n) is 3.17. The van der Waals surface area contributed by atoms with Gasteiger partial charge in [0.15, 0.2) is 0 Å². The highest BCUT2D eigenvalue weighted by atomic mass is 32.2. The Kier molecular flexibility index (Phi) is 4.82. The number of sulfonamides is 1. The summed E-state index contributed by atoms with van der Waals surface area (Å²) in [6.45, 7) is 0.826. The summed E-state index contributed by atoms with van der Waals surface area (Å²) in [7, 11) is -0.473. The van der Waals surface area contributed by atoms with E-state index >= 15 is 0 Å². The number of benzene rings is 1. The Morgan fingerprint density at radius 3 is 2.60 bits per heavy atom. The molecule has 0 unspecified atom stereocenters. The fourth-order valence-corrected chi connectivity index (χ4v) is 3.63. The molecule has 0 radical (unpaired) electrons. The van der Waals surface area contributed by atoms with Crippen molar-refractivity contribution in [3.05, 3.63) is 42.1 Å². The van der Waals surface area contributed by atoms with E-state index in [0.717, 1.165) is 36.4 Å². The first-order chi connectivity index (χ1) is 11.9. The van der Waals surface area contributed by atoms with Crippen molar-refractivity contribution in [3.63, 3.8) is 0 Å². The molecule has 1 aromatic carbocycles. The third kappa shape index (κ3) is 3.54. The average Bonchev–Trinajstić information content (AvgIpc) is 3.10. The summed E-state index contributed by atoms with van der Waals surface area (Å²) in [5.74, 6) is 2.26. The molecule has 25 heavy (non-hydrogen) atoms. The van der Waals surface area contributed by atoms with Crippen LogP contribution in [0, 0.1) is 0 Å². The number of primary sulfonamides is 1. The number of aromatic nitrogens is 1. The number of pyridine rings is 1. The lowest BCUT2D eigenvalue weighted by Gasteiger charge is -2.27. The molecule has 0 amide bonds. The number of nitrogens with zero attached hydrogens (tertiary/aromatic N) is 2. The van der Waals surface area contributed by atoms with Gasteiger partial charge in [0, 0.05) is 18.3 Å². The highest BCUT2D eigenvalue weighted by Crippen LogP contribution is 2.40. The monoisotopic (exact) mass is 363 g/mol. The Morgan fingerprint density at radius 1 is 1.20 bits per heavy atom. The van der Waals surface area contributed by atoms with Gasteiger partial charge in [-0.1, -0.05) is 0 Å². The second-order valence-corrected chi connectivity index (χ2v) is 7.42. The van der Waals surface area contributed by atoms with Gasteiger partial charge in [-0.05, 0) is 43.2 Å². The van der Waals surface area contributed by atoms with E-state index in [2.05, 4.69) is 9.88 Å². The van der Waals surface area contributed by atoms with E-state index in [1.165, 1.54) is 12.3 Å². The van der Waals surface area contributed by atoms with Crippen LogP contribution >= 0.6 is 0 Å². The van der Waals surface area contributed by atoms with Crippen LogP contribution in [0.25, 0.3) is 0 Å². The van der Waals surface area contributed by atoms with Crippen molar-refractivity contribution in [2.75, 3.05) is 25.7 Å². The van der Waals surface area contributed by atoms with E-state index in [4.69, 9.17) is 14.6 Å². The molecule has 1 aliphatic heterocycles. The van der Waals surface area contributed by atoms with Crippen LogP contribution < -0.4 is 19.5 Å². The lowest BCUT2D eigenvalue weighted by Crippen LogP contribution is -2.24. The van der Waals surface area contributed by atoms with Crippen LogP contribution in [0.5, 0.6) is 11.5 Å². The van der Waals surface area contributed by atoms with Crippen molar-refractivity contribution in [2.45, 2.75) is 23.8 Å². The van der Waals surface area contributed by atoms with Gasteiger partial charge in [0.2, 0.25) is 10.0 Å². The fraction of sp³-hybridized carbons (Fsp3) is 0.353. The molecule has 0 spiro atoms. The highest BCUT2D eigenvalue weighted by Gasteiger charge is 2.30. The molecule has 1 aliphatic rings. The Morgan fingerprint density at radius 2 is 2.00 bits per heavy atom. The lowest BCUT2D eigenvalue weighted by atomic mass is 10.0. The predicted octanol–water partition coefficient (Wildman–Crippen LogP) is 2.09. The van der Waals surface area contributed by atoms with Crippen LogP contribution in [-0.4, -0.2) is 34.2 Å². The molecule has 2 N–H and O–H groups in total. The van der Waals surface area contributed by atoms with Gasteiger partial charge in [0.1, 0.15) is 22.2 Å². The normalized spacial score (nSPS) is 17.6. The van der Waals surface area contributed by atoms with Crippen molar-refractivity contribution in [2.24, 2.45) is 5.14 Å². The molecule has 1 fully saturated rings. The molecule has 134 valence electrons. The van der Waals surface area contributed by atoms with E-state index in [0.29, 0.717) is 5.82 Å². The van der Waals surface area contributed by atoms with Crippen LogP contribution in [0.3, 0.4) is 0 Å². The number of anilines is 1. The molecule has 3 rings (SSSR count). The van der Waals surface area contributed by atoms with E-state index in [-0.39, 0.29) is 10.9 Å². The summed E-state index contributed by atoms with van der Waals surface area (Å²) in [5, 5.41) is 5.14. The number of ether oxygens (including phenoxy) is 2. The minimum atomic E-state index is -3.75. The molecule has 7 nitrogen and oxygen atoms in total. The standard InChI is InChI=1S/C17H21N3O4S/c1-23-12-5-7-16(24-2)14(10-12)15-4-3-9-20(15)17-8-6-13(11-19-17)25(18,21)22/h5-8,10-11,15H,3-4,9H2,1-2H3,(H2,18,21,22)/t15-/m0/s1. The Hall–Kier alpha value is -2.32. The Bertz CT molecular complexity index is 853. The molecule has 1 aromatic heterocycles. The van der Waals surface area contributed by atoms with Crippen LogP contribution in [0.2, 0.25) is 0 Å². The first kappa shape index (κ1) is 17.5. The number of nitrogens with two attached hydrogens (primary N) is 1. The smallest absolute Gasteiger partial charge is 0.239 e. The molecule has 2 heterocycles. The zero-order chi connectivity index (χ0) is 18.0. The minimum Gasteiger partial charge on any atom is -0.497 e.